The summed E-state index contributed by atoms with van der Waals surface area (Å²) in [4.78, 5) is 12.4. The number of anilines is 2. The number of amides is 1. The minimum atomic E-state index is -3.36. The number of aryl methyl sites for hydroxylation is 1. The first kappa shape index (κ1) is 20.0. The lowest BCUT2D eigenvalue weighted by molar-refractivity contribution is 0.102. The first-order chi connectivity index (χ1) is 13.3. The van der Waals surface area contributed by atoms with Gasteiger partial charge in [0.25, 0.3) is 5.91 Å². The number of nitrogens with zero attached hydrogens (tertiary/aromatic N) is 3. The van der Waals surface area contributed by atoms with Gasteiger partial charge in [-0.25, -0.2) is 8.42 Å². The van der Waals surface area contributed by atoms with Crippen LogP contribution < -0.4 is 9.62 Å². The molecule has 3 rings (SSSR count). The number of hydrogen-bond donors (Lipinski definition) is 1. The normalized spacial score (nSPS) is 11.2. The van der Waals surface area contributed by atoms with E-state index in [2.05, 4.69) is 15.5 Å². The molecule has 1 heterocycles. The van der Waals surface area contributed by atoms with Crippen molar-refractivity contribution in [1.29, 1.82) is 0 Å². The van der Waals surface area contributed by atoms with E-state index in [0.29, 0.717) is 22.9 Å². The van der Waals surface area contributed by atoms with Crippen molar-refractivity contribution in [3.8, 4) is 10.6 Å². The van der Waals surface area contributed by atoms with Gasteiger partial charge in [-0.15, -0.1) is 10.2 Å². The van der Waals surface area contributed by atoms with Crippen LogP contribution in [0.5, 0.6) is 0 Å². The molecular formula is C19H20N4O3S2. The van der Waals surface area contributed by atoms with Gasteiger partial charge in [0.1, 0.15) is 5.01 Å². The zero-order chi connectivity index (χ0) is 20.3. The second-order valence-corrected chi connectivity index (χ2v) is 9.09. The maximum atomic E-state index is 12.4. The number of nitrogens with one attached hydrogen (secondary N) is 1. The predicted octanol–water partition coefficient (Wildman–Crippen LogP) is 3.55. The maximum absolute atomic E-state index is 12.4. The minimum absolute atomic E-state index is 0.316. The van der Waals surface area contributed by atoms with Crippen LogP contribution in [0.1, 0.15) is 22.8 Å². The molecule has 0 radical (unpaired) electrons. The van der Waals surface area contributed by atoms with Gasteiger partial charge in [0.15, 0.2) is 0 Å². The molecule has 28 heavy (non-hydrogen) atoms. The highest BCUT2D eigenvalue weighted by atomic mass is 32.2. The van der Waals surface area contributed by atoms with E-state index in [4.69, 9.17) is 0 Å². The monoisotopic (exact) mass is 416 g/mol. The molecule has 1 amide bonds. The smallest absolute Gasteiger partial charge is 0.257 e. The van der Waals surface area contributed by atoms with Crippen LogP contribution in [0.2, 0.25) is 0 Å². The molecule has 0 fully saturated rings. The molecule has 0 aliphatic heterocycles. The molecule has 0 saturated heterocycles. The van der Waals surface area contributed by atoms with Crippen molar-refractivity contribution >= 4 is 38.1 Å². The van der Waals surface area contributed by atoms with Gasteiger partial charge >= 0.3 is 0 Å². The number of sulfonamides is 1. The van der Waals surface area contributed by atoms with Gasteiger partial charge in [-0.2, -0.15) is 0 Å². The number of carbonyl (C=O) groups excluding carboxylic acids is 1. The lowest BCUT2D eigenvalue weighted by Gasteiger charge is -2.20. The van der Waals surface area contributed by atoms with E-state index < -0.39 is 10.0 Å². The lowest BCUT2D eigenvalue weighted by atomic mass is 10.2. The third-order valence-corrected chi connectivity index (χ3v) is 6.21. The molecule has 0 aliphatic rings. The second kappa shape index (κ2) is 8.07. The molecule has 1 N–H and O–H groups in total. The topological polar surface area (TPSA) is 92.3 Å². The van der Waals surface area contributed by atoms with Gasteiger partial charge in [-0.05, 0) is 38.1 Å². The average molecular weight is 417 g/mol. The van der Waals surface area contributed by atoms with Crippen molar-refractivity contribution in [1.82, 2.24) is 10.2 Å². The molecule has 0 bridgehead atoms. The summed E-state index contributed by atoms with van der Waals surface area (Å²) in [5, 5.41) is 12.0. The largest absolute Gasteiger partial charge is 0.296 e. The standard InChI is InChI=1S/C19H20N4O3S2/c1-4-23(28(3,25)26)16-11-9-14(10-12-16)17(24)20-19-22-21-18(27-19)15-7-5-13(2)6-8-15/h5-12H,4H2,1-3H3,(H,20,22,24). The van der Waals surface area contributed by atoms with Crippen LogP contribution in [0.15, 0.2) is 48.5 Å². The Labute approximate surface area is 168 Å². The molecule has 2 aromatic carbocycles. The van der Waals surface area contributed by atoms with E-state index in [1.165, 1.54) is 15.6 Å². The number of benzene rings is 2. The SMILES string of the molecule is CCN(c1ccc(C(=O)Nc2nnc(-c3ccc(C)cc3)s2)cc1)S(C)(=O)=O. The van der Waals surface area contributed by atoms with Crippen molar-refractivity contribution in [2.45, 2.75) is 13.8 Å². The van der Waals surface area contributed by atoms with E-state index in [0.717, 1.165) is 22.4 Å². The van der Waals surface area contributed by atoms with Gasteiger partial charge in [-0.3, -0.25) is 14.4 Å². The van der Waals surface area contributed by atoms with Gasteiger partial charge in [-0.1, -0.05) is 41.2 Å². The van der Waals surface area contributed by atoms with Crippen LogP contribution >= 0.6 is 11.3 Å². The van der Waals surface area contributed by atoms with Crippen LogP contribution in [0.4, 0.5) is 10.8 Å². The van der Waals surface area contributed by atoms with Crippen LogP contribution in [0.25, 0.3) is 10.6 Å². The third-order valence-electron chi connectivity index (χ3n) is 4.05. The third kappa shape index (κ3) is 4.55. The molecule has 0 unspecified atom stereocenters. The van der Waals surface area contributed by atoms with Crippen molar-refractivity contribution in [3.63, 3.8) is 0 Å². The Morgan fingerprint density at radius 3 is 2.29 bits per heavy atom. The lowest BCUT2D eigenvalue weighted by Crippen LogP contribution is -2.29. The summed E-state index contributed by atoms with van der Waals surface area (Å²) in [7, 11) is -3.36. The highest BCUT2D eigenvalue weighted by Crippen LogP contribution is 2.27. The summed E-state index contributed by atoms with van der Waals surface area (Å²) >= 11 is 1.29. The molecule has 7 nitrogen and oxygen atoms in total. The Bertz CT molecular complexity index is 1080. The van der Waals surface area contributed by atoms with Crippen LogP contribution in [0.3, 0.4) is 0 Å². The average Bonchev–Trinajstić information content (AvgIpc) is 3.10. The Balaban J connectivity index is 1.72. The zero-order valence-corrected chi connectivity index (χ0v) is 17.3. The van der Waals surface area contributed by atoms with Gasteiger partial charge in [0.2, 0.25) is 15.2 Å². The van der Waals surface area contributed by atoms with Crippen LogP contribution in [0, 0.1) is 6.92 Å². The van der Waals surface area contributed by atoms with Crippen molar-refractivity contribution in [3.05, 3.63) is 59.7 Å². The summed E-state index contributed by atoms with van der Waals surface area (Å²) < 4.78 is 24.9. The summed E-state index contributed by atoms with van der Waals surface area (Å²) in [6, 6.07) is 14.3. The van der Waals surface area contributed by atoms with Gasteiger partial charge in [0.05, 0.1) is 11.9 Å². The van der Waals surface area contributed by atoms with E-state index in [1.54, 1.807) is 31.2 Å². The fourth-order valence-electron chi connectivity index (χ4n) is 2.64. The highest BCUT2D eigenvalue weighted by molar-refractivity contribution is 7.92. The molecule has 1 aromatic heterocycles. The zero-order valence-electron chi connectivity index (χ0n) is 15.7. The molecule has 3 aromatic rings. The number of carbonyl (C=O) groups is 1. The fraction of sp³-hybridized carbons (Fsp3) is 0.211. The molecule has 0 spiro atoms. The predicted molar refractivity (Wildman–Crippen MR) is 112 cm³/mol. The maximum Gasteiger partial charge on any atom is 0.257 e. The Morgan fingerprint density at radius 2 is 1.71 bits per heavy atom. The Hall–Kier alpha value is -2.78. The van der Waals surface area contributed by atoms with Crippen molar-refractivity contribution in [2.75, 3.05) is 22.4 Å². The first-order valence-electron chi connectivity index (χ1n) is 8.57. The van der Waals surface area contributed by atoms with E-state index >= 15 is 0 Å². The van der Waals surface area contributed by atoms with Gasteiger partial charge in [0, 0.05) is 17.7 Å². The Kier molecular flexibility index (Phi) is 5.76. The summed E-state index contributed by atoms with van der Waals surface area (Å²) in [6.45, 7) is 4.08. The van der Waals surface area contributed by atoms with E-state index in [-0.39, 0.29) is 5.91 Å². The quantitative estimate of drug-likeness (QED) is 0.663. The number of rotatable bonds is 6. The number of aromatic nitrogens is 2. The van der Waals surface area contributed by atoms with E-state index in [9.17, 15) is 13.2 Å². The molecule has 0 aliphatic carbocycles. The molecular weight excluding hydrogens is 396 g/mol. The van der Waals surface area contributed by atoms with Gasteiger partial charge < -0.3 is 0 Å². The van der Waals surface area contributed by atoms with Crippen LogP contribution in [-0.2, 0) is 10.0 Å². The minimum Gasteiger partial charge on any atom is -0.296 e. The van der Waals surface area contributed by atoms with Crippen molar-refractivity contribution < 1.29 is 13.2 Å². The van der Waals surface area contributed by atoms with E-state index in [1.807, 2.05) is 31.2 Å². The van der Waals surface area contributed by atoms with Crippen LogP contribution in [-0.4, -0.2) is 37.3 Å². The molecule has 9 heteroatoms. The fourth-order valence-corrected chi connectivity index (χ4v) is 4.36. The summed E-state index contributed by atoms with van der Waals surface area (Å²) in [5.41, 5.74) is 3.01. The van der Waals surface area contributed by atoms with Crippen molar-refractivity contribution in [2.24, 2.45) is 0 Å². The summed E-state index contributed by atoms with van der Waals surface area (Å²) in [6.07, 6.45) is 1.15. The molecule has 0 saturated carbocycles. The number of hydrogen-bond acceptors (Lipinski definition) is 6. The second-order valence-electron chi connectivity index (χ2n) is 6.21. The Morgan fingerprint density at radius 1 is 1.07 bits per heavy atom. The molecule has 146 valence electrons. The molecule has 0 atom stereocenters. The highest BCUT2D eigenvalue weighted by Gasteiger charge is 2.16. The first-order valence-corrected chi connectivity index (χ1v) is 11.2. The summed E-state index contributed by atoms with van der Waals surface area (Å²) in [5.74, 6) is -0.333.